The van der Waals surface area contributed by atoms with Crippen LogP contribution in [-0.4, -0.2) is 22.9 Å². The molecule has 1 N–H and O–H groups in total. The first-order valence-corrected chi connectivity index (χ1v) is 10.9. The van der Waals surface area contributed by atoms with Gasteiger partial charge in [-0.05, 0) is 48.9 Å². The van der Waals surface area contributed by atoms with Crippen molar-refractivity contribution in [3.05, 3.63) is 91.4 Å². The molecular formula is C24H17BrClN3O4. The summed E-state index contributed by atoms with van der Waals surface area (Å²) in [7, 11) is 1.38. The van der Waals surface area contributed by atoms with E-state index in [0.29, 0.717) is 32.9 Å². The summed E-state index contributed by atoms with van der Waals surface area (Å²) in [5.74, 6) is -0.214. The normalized spacial score (nSPS) is 10.8. The van der Waals surface area contributed by atoms with Gasteiger partial charge in [-0.1, -0.05) is 39.7 Å². The second kappa shape index (κ2) is 9.17. The lowest BCUT2D eigenvalue weighted by molar-refractivity contribution is -0.384. The van der Waals surface area contributed by atoms with Crippen LogP contribution in [0.15, 0.2) is 65.1 Å². The van der Waals surface area contributed by atoms with Crippen molar-refractivity contribution in [3.8, 4) is 17.0 Å². The SMILES string of the molecule is COc1cc([N+](=O)[O-])ccc1NC(=O)c1cc(-c2ccc(Cl)cc2)nc2c(C)cc(Br)cc12. The molecule has 4 rings (SSSR count). The summed E-state index contributed by atoms with van der Waals surface area (Å²) in [5, 5.41) is 15.1. The molecule has 0 saturated heterocycles. The maximum absolute atomic E-state index is 13.4. The van der Waals surface area contributed by atoms with Gasteiger partial charge in [0.1, 0.15) is 5.75 Å². The number of pyridine rings is 1. The first kappa shape index (κ1) is 22.7. The number of ether oxygens (including phenoxy) is 1. The number of carbonyl (C=O) groups is 1. The molecule has 0 aliphatic carbocycles. The van der Waals surface area contributed by atoms with Crippen molar-refractivity contribution in [2.45, 2.75) is 6.92 Å². The Morgan fingerprint density at radius 1 is 1.12 bits per heavy atom. The van der Waals surface area contributed by atoms with Crippen molar-refractivity contribution in [1.82, 2.24) is 4.98 Å². The first-order valence-electron chi connectivity index (χ1n) is 9.77. The van der Waals surface area contributed by atoms with E-state index in [1.54, 1.807) is 18.2 Å². The molecule has 0 aliphatic heterocycles. The van der Waals surface area contributed by atoms with Crippen LogP contribution in [0.3, 0.4) is 0 Å². The number of halogens is 2. The minimum absolute atomic E-state index is 0.135. The van der Waals surface area contributed by atoms with Crippen molar-refractivity contribution in [1.29, 1.82) is 0 Å². The fraction of sp³-hybridized carbons (Fsp3) is 0.0833. The van der Waals surface area contributed by atoms with Crippen molar-refractivity contribution in [3.63, 3.8) is 0 Å². The average molecular weight is 527 g/mol. The highest BCUT2D eigenvalue weighted by Crippen LogP contribution is 2.33. The van der Waals surface area contributed by atoms with Crippen molar-refractivity contribution >= 4 is 55.7 Å². The molecule has 33 heavy (non-hydrogen) atoms. The van der Waals surface area contributed by atoms with Crippen LogP contribution in [0.1, 0.15) is 15.9 Å². The summed E-state index contributed by atoms with van der Waals surface area (Å²) < 4.78 is 6.07. The first-order chi connectivity index (χ1) is 15.8. The zero-order valence-electron chi connectivity index (χ0n) is 17.6. The van der Waals surface area contributed by atoms with Gasteiger partial charge in [-0.25, -0.2) is 4.98 Å². The molecule has 166 valence electrons. The van der Waals surface area contributed by atoms with Crippen LogP contribution >= 0.6 is 27.5 Å². The Morgan fingerprint density at radius 2 is 1.85 bits per heavy atom. The number of methoxy groups -OCH3 is 1. The van der Waals surface area contributed by atoms with E-state index < -0.39 is 10.8 Å². The van der Waals surface area contributed by atoms with Gasteiger partial charge in [0.05, 0.1) is 40.6 Å². The van der Waals surface area contributed by atoms with Crippen molar-refractivity contribution < 1.29 is 14.5 Å². The van der Waals surface area contributed by atoms with E-state index in [-0.39, 0.29) is 11.4 Å². The minimum atomic E-state index is -0.525. The summed E-state index contributed by atoms with van der Waals surface area (Å²) in [6.07, 6.45) is 0. The number of rotatable bonds is 5. The third-order valence-electron chi connectivity index (χ3n) is 5.10. The highest BCUT2D eigenvalue weighted by atomic mass is 79.9. The molecule has 0 fully saturated rings. The summed E-state index contributed by atoms with van der Waals surface area (Å²) >= 11 is 9.52. The van der Waals surface area contributed by atoms with Crippen LogP contribution in [0.4, 0.5) is 11.4 Å². The second-order valence-electron chi connectivity index (χ2n) is 7.28. The Balaban J connectivity index is 1.84. The van der Waals surface area contributed by atoms with Crippen LogP contribution in [0, 0.1) is 17.0 Å². The molecule has 1 amide bonds. The average Bonchev–Trinajstić information content (AvgIpc) is 2.79. The molecule has 3 aromatic carbocycles. The third kappa shape index (κ3) is 4.67. The minimum Gasteiger partial charge on any atom is -0.494 e. The van der Waals surface area contributed by atoms with Gasteiger partial charge in [-0.3, -0.25) is 14.9 Å². The number of nitro benzene ring substituents is 1. The van der Waals surface area contributed by atoms with E-state index in [0.717, 1.165) is 15.6 Å². The summed E-state index contributed by atoms with van der Waals surface area (Å²) in [6.45, 7) is 1.92. The lowest BCUT2D eigenvalue weighted by Gasteiger charge is -2.14. The van der Waals surface area contributed by atoms with Gasteiger partial charge < -0.3 is 10.1 Å². The number of nitrogens with zero attached hydrogens (tertiary/aromatic N) is 2. The number of non-ortho nitro benzene ring substituents is 1. The zero-order valence-corrected chi connectivity index (χ0v) is 19.9. The smallest absolute Gasteiger partial charge is 0.273 e. The van der Waals surface area contributed by atoms with Gasteiger partial charge in [0.15, 0.2) is 0 Å². The molecule has 4 aromatic rings. The maximum atomic E-state index is 13.4. The quantitative estimate of drug-likeness (QED) is 0.228. The molecule has 1 heterocycles. The standard InChI is InChI=1S/C24H17BrClN3O4/c1-13-9-15(25)10-18-19(12-21(27-23(13)18)14-3-5-16(26)6-4-14)24(30)28-20-8-7-17(29(31)32)11-22(20)33-2/h3-12H,1-2H3,(H,28,30). The predicted octanol–water partition coefficient (Wildman–Crippen LogP) is 6.80. The van der Waals surface area contributed by atoms with Crippen LogP contribution in [0.5, 0.6) is 5.75 Å². The number of hydrogen-bond acceptors (Lipinski definition) is 5. The summed E-state index contributed by atoms with van der Waals surface area (Å²) in [5.41, 5.74) is 3.59. The number of amides is 1. The summed E-state index contributed by atoms with van der Waals surface area (Å²) in [4.78, 5) is 28.7. The molecule has 0 atom stereocenters. The summed E-state index contributed by atoms with van der Waals surface area (Å²) in [6, 6.07) is 16.7. The number of benzene rings is 3. The zero-order chi connectivity index (χ0) is 23.7. The Hall–Kier alpha value is -3.49. The van der Waals surface area contributed by atoms with Crippen LogP contribution in [-0.2, 0) is 0 Å². The molecule has 0 unspecified atom stereocenters. The molecular weight excluding hydrogens is 510 g/mol. The number of aromatic nitrogens is 1. The fourth-order valence-electron chi connectivity index (χ4n) is 3.50. The monoisotopic (exact) mass is 525 g/mol. The molecule has 1 aromatic heterocycles. The highest BCUT2D eigenvalue weighted by Gasteiger charge is 2.19. The lowest BCUT2D eigenvalue weighted by atomic mass is 10.0. The fourth-order valence-corrected chi connectivity index (χ4v) is 4.20. The second-order valence-corrected chi connectivity index (χ2v) is 8.63. The number of hydrogen-bond donors (Lipinski definition) is 1. The Bertz CT molecular complexity index is 1410. The Morgan fingerprint density at radius 3 is 2.52 bits per heavy atom. The topological polar surface area (TPSA) is 94.4 Å². The van der Waals surface area contributed by atoms with Gasteiger partial charge in [0.2, 0.25) is 0 Å². The van der Waals surface area contributed by atoms with Gasteiger partial charge in [0.25, 0.3) is 11.6 Å². The maximum Gasteiger partial charge on any atom is 0.273 e. The largest absolute Gasteiger partial charge is 0.494 e. The third-order valence-corrected chi connectivity index (χ3v) is 5.81. The molecule has 0 bridgehead atoms. The molecule has 0 radical (unpaired) electrons. The number of carbonyl (C=O) groups excluding carboxylic acids is 1. The number of aryl methyl sites for hydroxylation is 1. The molecule has 7 nitrogen and oxygen atoms in total. The van der Waals surface area contributed by atoms with E-state index in [1.165, 1.54) is 25.3 Å². The van der Waals surface area contributed by atoms with Gasteiger partial charge in [0, 0.05) is 26.5 Å². The predicted molar refractivity (Wildman–Crippen MR) is 132 cm³/mol. The van der Waals surface area contributed by atoms with Crippen LogP contribution < -0.4 is 10.1 Å². The van der Waals surface area contributed by atoms with Gasteiger partial charge in [-0.2, -0.15) is 0 Å². The Labute approximate surface area is 202 Å². The number of anilines is 1. The highest BCUT2D eigenvalue weighted by molar-refractivity contribution is 9.10. The number of nitrogens with one attached hydrogen (secondary N) is 1. The number of fused-ring (bicyclic) bond motifs is 1. The van der Waals surface area contributed by atoms with Crippen molar-refractivity contribution in [2.24, 2.45) is 0 Å². The van der Waals surface area contributed by atoms with E-state index in [1.807, 2.05) is 31.2 Å². The Kier molecular flexibility index (Phi) is 6.31. The van der Waals surface area contributed by atoms with Gasteiger partial charge in [-0.15, -0.1) is 0 Å². The van der Waals surface area contributed by atoms with Crippen molar-refractivity contribution in [2.75, 3.05) is 12.4 Å². The molecule has 9 heteroatoms. The van der Waals surface area contributed by atoms with E-state index in [4.69, 9.17) is 21.3 Å². The molecule has 0 aliphatic rings. The molecule has 0 saturated carbocycles. The molecule has 0 spiro atoms. The lowest BCUT2D eigenvalue weighted by Crippen LogP contribution is -2.14. The van der Waals surface area contributed by atoms with Crippen LogP contribution in [0.2, 0.25) is 5.02 Å². The van der Waals surface area contributed by atoms with Gasteiger partial charge >= 0.3 is 0 Å². The van der Waals surface area contributed by atoms with E-state index >= 15 is 0 Å². The van der Waals surface area contributed by atoms with E-state index in [2.05, 4.69) is 21.2 Å². The number of nitro groups is 1. The van der Waals surface area contributed by atoms with E-state index in [9.17, 15) is 14.9 Å². The van der Waals surface area contributed by atoms with Crippen LogP contribution in [0.25, 0.3) is 22.2 Å².